The van der Waals surface area contributed by atoms with Gasteiger partial charge in [0.15, 0.2) is 5.78 Å². The van der Waals surface area contributed by atoms with Crippen molar-refractivity contribution in [2.45, 2.75) is 18.9 Å². The number of halogens is 1. The van der Waals surface area contributed by atoms with E-state index in [1.54, 1.807) is 24.3 Å². The van der Waals surface area contributed by atoms with Gasteiger partial charge in [0, 0.05) is 17.7 Å². The van der Waals surface area contributed by atoms with Crippen molar-refractivity contribution in [3.8, 4) is 0 Å². The van der Waals surface area contributed by atoms with E-state index in [9.17, 15) is 13.2 Å². The predicted octanol–water partition coefficient (Wildman–Crippen LogP) is 1.21. The normalized spacial score (nSPS) is 13.3. The summed E-state index contributed by atoms with van der Waals surface area (Å²) in [7, 11) is -3.08. The van der Waals surface area contributed by atoms with Crippen molar-refractivity contribution in [1.82, 2.24) is 0 Å². The van der Waals surface area contributed by atoms with Gasteiger partial charge in [-0.25, -0.2) is 8.42 Å². The molecule has 2 N–H and O–H groups in total. The van der Waals surface area contributed by atoms with E-state index in [4.69, 9.17) is 17.3 Å². The van der Waals surface area contributed by atoms with Crippen LogP contribution in [0.15, 0.2) is 24.3 Å². The lowest BCUT2D eigenvalue weighted by atomic mass is 10.0. The minimum absolute atomic E-state index is 0.0689. The molecule has 0 bridgehead atoms. The third-order valence-electron chi connectivity index (χ3n) is 2.50. The van der Waals surface area contributed by atoms with Crippen LogP contribution in [-0.4, -0.2) is 32.3 Å². The first-order valence-corrected chi connectivity index (χ1v) is 7.92. The molecule has 4 nitrogen and oxygen atoms in total. The van der Waals surface area contributed by atoms with Gasteiger partial charge in [0.2, 0.25) is 0 Å². The van der Waals surface area contributed by atoms with E-state index in [1.165, 1.54) is 0 Å². The molecule has 1 atom stereocenters. The summed E-state index contributed by atoms with van der Waals surface area (Å²) in [5.41, 5.74) is 6.48. The first-order chi connectivity index (χ1) is 8.28. The summed E-state index contributed by atoms with van der Waals surface area (Å²) in [6.45, 7) is 0. The summed E-state index contributed by atoms with van der Waals surface area (Å²) < 4.78 is 21.9. The number of rotatable bonds is 6. The van der Waals surface area contributed by atoms with Crippen LogP contribution in [0.5, 0.6) is 0 Å². The molecular formula is C12H16ClNO3S. The Morgan fingerprint density at radius 1 is 1.33 bits per heavy atom. The van der Waals surface area contributed by atoms with Gasteiger partial charge in [0.25, 0.3) is 0 Å². The fourth-order valence-electron chi connectivity index (χ4n) is 1.44. The summed E-state index contributed by atoms with van der Waals surface area (Å²) in [6.07, 6.45) is 1.48. The van der Waals surface area contributed by atoms with Crippen LogP contribution in [-0.2, 0) is 21.1 Å². The number of sulfone groups is 1. The SMILES string of the molecule is CS(=O)(=O)CCC(N)C(=O)Cc1ccc(Cl)cc1. The van der Waals surface area contributed by atoms with E-state index in [0.29, 0.717) is 5.02 Å². The lowest BCUT2D eigenvalue weighted by Gasteiger charge is -2.09. The Morgan fingerprint density at radius 2 is 1.89 bits per heavy atom. The molecule has 1 rings (SSSR count). The van der Waals surface area contributed by atoms with Crippen LogP contribution >= 0.6 is 11.6 Å². The van der Waals surface area contributed by atoms with Crippen LogP contribution in [0.1, 0.15) is 12.0 Å². The van der Waals surface area contributed by atoms with Gasteiger partial charge in [-0.3, -0.25) is 4.79 Å². The van der Waals surface area contributed by atoms with E-state index in [1.807, 2.05) is 0 Å². The lowest BCUT2D eigenvalue weighted by molar-refractivity contribution is -0.119. The van der Waals surface area contributed by atoms with E-state index in [-0.39, 0.29) is 24.4 Å². The third kappa shape index (κ3) is 5.62. The zero-order valence-electron chi connectivity index (χ0n) is 10.1. The Kier molecular flexibility index (Phi) is 5.31. The number of hydrogen-bond acceptors (Lipinski definition) is 4. The number of hydrogen-bond donors (Lipinski definition) is 1. The van der Waals surface area contributed by atoms with Crippen molar-refractivity contribution in [3.05, 3.63) is 34.9 Å². The van der Waals surface area contributed by atoms with Crippen LogP contribution < -0.4 is 5.73 Å². The van der Waals surface area contributed by atoms with Gasteiger partial charge < -0.3 is 5.73 Å². The quantitative estimate of drug-likeness (QED) is 0.854. The fourth-order valence-corrected chi connectivity index (χ4v) is 2.24. The minimum Gasteiger partial charge on any atom is -0.321 e. The average Bonchev–Trinajstić information content (AvgIpc) is 2.28. The molecule has 6 heteroatoms. The Bertz CT molecular complexity index is 511. The Labute approximate surface area is 112 Å². The second kappa shape index (κ2) is 6.31. The molecule has 0 aliphatic rings. The van der Waals surface area contributed by atoms with Crippen LogP contribution in [0, 0.1) is 0 Å². The Balaban J connectivity index is 2.52. The summed E-state index contributed by atoms with van der Waals surface area (Å²) >= 11 is 5.73. The average molecular weight is 290 g/mol. The molecule has 100 valence electrons. The van der Waals surface area contributed by atoms with Gasteiger partial charge in [0.1, 0.15) is 9.84 Å². The number of nitrogens with two attached hydrogens (primary N) is 1. The second-order valence-electron chi connectivity index (χ2n) is 4.29. The number of benzene rings is 1. The third-order valence-corrected chi connectivity index (χ3v) is 3.73. The first kappa shape index (κ1) is 15.1. The monoisotopic (exact) mass is 289 g/mol. The maximum absolute atomic E-state index is 11.8. The lowest BCUT2D eigenvalue weighted by Crippen LogP contribution is -2.33. The van der Waals surface area contributed by atoms with Gasteiger partial charge >= 0.3 is 0 Å². The molecule has 1 aromatic carbocycles. The Hall–Kier alpha value is -0.910. The molecule has 0 aliphatic carbocycles. The zero-order chi connectivity index (χ0) is 13.8. The van der Waals surface area contributed by atoms with Crippen LogP contribution in [0.25, 0.3) is 0 Å². The minimum atomic E-state index is -3.08. The highest BCUT2D eigenvalue weighted by Gasteiger charge is 2.16. The molecule has 0 saturated carbocycles. The highest BCUT2D eigenvalue weighted by atomic mass is 35.5. The molecule has 0 heterocycles. The molecule has 1 aromatic rings. The van der Waals surface area contributed by atoms with Gasteiger partial charge in [-0.1, -0.05) is 23.7 Å². The molecule has 1 unspecified atom stereocenters. The van der Waals surface area contributed by atoms with E-state index >= 15 is 0 Å². The van der Waals surface area contributed by atoms with E-state index < -0.39 is 15.9 Å². The van der Waals surface area contributed by atoms with Gasteiger partial charge in [-0.2, -0.15) is 0 Å². The highest BCUT2D eigenvalue weighted by Crippen LogP contribution is 2.11. The van der Waals surface area contributed by atoms with Crippen molar-refractivity contribution < 1.29 is 13.2 Å². The van der Waals surface area contributed by atoms with Gasteiger partial charge in [-0.15, -0.1) is 0 Å². The molecule has 0 aliphatic heterocycles. The summed E-state index contributed by atoms with van der Waals surface area (Å²) in [5.74, 6) is -0.235. The molecule has 0 amide bonds. The first-order valence-electron chi connectivity index (χ1n) is 5.48. The molecular weight excluding hydrogens is 274 g/mol. The number of carbonyl (C=O) groups excluding carboxylic acids is 1. The molecule has 0 saturated heterocycles. The zero-order valence-corrected chi connectivity index (χ0v) is 11.7. The molecule has 0 fully saturated rings. The molecule has 18 heavy (non-hydrogen) atoms. The molecule has 0 radical (unpaired) electrons. The second-order valence-corrected chi connectivity index (χ2v) is 6.99. The number of carbonyl (C=O) groups is 1. The van der Waals surface area contributed by atoms with Crippen LogP contribution in [0.4, 0.5) is 0 Å². The summed E-state index contributed by atoms with van der Waals surface area (Å²) in [4.78, 5) is 11.8. The maximum Gasteiger partial charge on any atom is 0.153 e. The summed E-state index contributed by atoms with van der Waals surface area (Å²) in [6, 6.07) is 6.17. The molecule has 0 spiro atoms. The van der Waals surface area contributed by atoms with Crippen molar-refractivity contribution in [2.75, 3.05) is 12.0 Å². The molecule has 0 aromatic heterocycles. The standard InChI is InChI=1S/C12H16ClNO3S/c1-18(16,17)7-6-11(14)12(15)8-9-2-4-10(13)5-3-9/h2-5,11H,6-8,14H2,1H3. The van der Waals surface area contributed by atoms with Gasteiger partial charge in [0.05, 0.1) is 11.8 Å². The number of ketones is 1. The maximum atomic E-state index is 11.8. The van der Waals surface area contributed by atoms with Crippen molar-refractivity contribution in [3.63, 3.8) is 0 Å². The smallest absolute Gasteiger partial charge is 0.153 e. The predicted molar refractivity (Wildman–Crippen MR) is 72.5 cm³/mol. The van der Waals surface area contributed by atoms with Crippen molar-refractivity contribution in [1.29, 1.82) is 0 Å². The topological polar surface area (TPSA) is 77.2 Å². The van der Waals surface area contributed by atoms with Crippen molar-refractivity contribution >= 4 is 27.2 Å². The van der Waals surface area contributed by atoms with E-state index in [0.717, 1.165) is 11.8 Å². The Morgan fingerprint density at radius 3 is 2.39 bits per heavy atom. The van der Waals surface area contributed by atoms with E-state index in [2.05, 4.69) is 0 Å². The van der Waals surface area contributed by atoms with Crippen LogP contribution in [0.3, 0.4) is 0 Å². The summed E-state index contributed by atoms with van der Waals surface area (Å²) in [5, 5.41) is 0.604. The fraction of sp³-hybridized carbons (Fsp3) is 0.417. The van der Waals surface area contributed by atoms with Crippen molar-refractivity contribution in [2.24, 2.45) is 5.73 Å². The number of Topliss-reactive ketones (excluding diaryl/α,β-unsaturated/α-hetero) is 1. The largest absolute Gasteiger partial charge is 0.321 e. The van der Waals surface area contributed by atoms with Gasteiger partial charge in [-0.05, 0) is 24.1 Å². The highest BCUT2D eigenvalue weighted by molar-refractivity contribution is 7.90. The van der Waals surface area contributed by atoms with Crippen LogP contribution in [0.2, 0.25) is 5.02 Å².